The van der Waals surface area contributed by atoms with Crippen LogP contribution in [0.5, 0.6) is 0 Å². The molecule has 3 heterocycles. The molecular formula is C20H23N5O. The van der Waals surface area contributed by atoms with Crippen molar-refractivity contribution in [3.63, 3.8) is 0 Å². The summed E-state index contributed by atoms with van der Waals surface area (Å²) in [6.07, 6.45) is 4.72. The van der Waals surface area contributed by atoms with Crippen LogP contribution in [-0.4, -0.2) is 37.1 Å². The first kappa shape index (κ1) is 15.6. The Morgan fingerprint density at radius 3 is 2.96 bits per heavy atom. The van der Waals surface area contributed by atoms with Crippen molar-refractivity contribution in [2.45, 2.75) is 51.1 Å². The van der Waals surface area contributed by atoms with Crippen molar-refractivity contribution in [2.24, 2.45) is 0 Å². The van der Waals surface area contributed by atoms with Gasteiger partial charge in [0.25, 0.3) is 0 Å². The second kappa shape index (κ2) is 6.27. The molecular weight excluding hydrogens is 326 g/mol. The quantitative estimate of drug-likeness (QED) is 0.770. The van der Waals surface area contributed by atoms with E-state index < -0.39 is 0 Å². The normalized spacial score (nSPS) is 16.8. The van der Waals surface area contributed by atoms with Crippen LogP contribution < -0.4 is 0 Å². The predicted octanol–water partition coefficient (Wildman–Crippen LogP) is 3.00. The molecule has 0 spiro atoms. The summed E-state index contributed by atoms with van der Waals surface area (Å²) in [5.41, 5.74) is 4.46. The van der Waals surface area contributed by atoms with E-state index in [0.29, 0.717) is 18.9 Å². The van der Waals surface area contributed by atoms with Gasteiger partial charge in [0, 0.05) is 25.3 Å². The number of H-pyrrole nitrogens is 1. The molecule has 0 atom stereocenters. The molecule has 0 saturated heterocycles. The zero-order valence-electron chi connectivity index (χ0n) is 14.8. The highest BCUT2D eigenvalue weighted by Gasteiger charge is 2.29. The SMILES string of the molecule is O=C(CCCc1nc2ccccc2[nH]1)N1CCn2nc(C3CC3)cc2C1. The van der Waals surface area contributed by atoms with Crippen molar-refractivity contribution >= 4 is 16.9 Å². The third-order valence-corrected chi connectivity index (χ3v) is 5.41. The molecule has 1 saturated carbocycles. The van der Waals surface area contributed by atoms with Crippen LogP contribution in [0.3, 0.4) is 0 Å². The summed E-state index contributed by atoms with van der Waals surface area (Å²) in [5.74, 6) is 1.87. The third kappa shape index (κ3) is 3.00. The van der Waals surface area contributed by atoms with Gasteiger partial charge in [-0.15, -0.1) is 0 Å². The van der Waals surface area contributed by atoms with Gasteiger partial charge in [-0.2, -0.15) is 5.10 Å². The molecule has 6 heteroatoms. The van der Waals surface area contributed by atoms with Crippen LogP contribution in [0.1, 0.15) is 48.8 Å². The van der Waals surface area contributed by atoms with Crippen LogP contribution >= 0.6 is 0 Å². The zero-order valence-corrected chi connectivity index (χ0v) is 14.8. The van der Waals surface area contributed by atoms with Crippen LogP contribution in [0.2, 0.25) is 0 Å². The standard InChI is InChI=1S/C20H23N5O/c26-20(7-3-6-19-21-16-4-1-2-5-17(16)22-19)24-10-11-25-15(13-24)12-18(23-25)14-8-9-14/h1-2,4-5,12,14H,3,6-11,13H2,(H,21,22). The second-order valence-electron chi connectivity index (χ2n) is 7.43. The molecule has 1 aliphatic carbocycles. The van der Waals surface area contributed by atoms with E-state index in [1.54, 1.807) is 0 Å². The van der Waals surface area contributed by atoms with E-state index in [2.05, 4.69) is 20.7 Å². The Labute approximate surface area is 152 Å². The predicted molar refractivity (Wildman–Crippen MR) is 98.7 cm³/mol. The van der Waals surface area contributed by atoms with E-state index in [1.807, 2.05) is 29.2 Å². The average molecular weight is 349 g/mol. The van der Waals surface area contributed by atoms with Gasteiger partial charge in [0.2, 0.25) is 5.91 Å². The third-order valence-electron chi connectivity index (χ3n) is 5.41. The number of para-hydroxylation sites is 2. The first-order valence-corrected chi connectivity index (χ1v) is 9.54. The number of hydrogen-bond donors (Lipinski definition) is 1. The molecule has 3 aromatic rings. The van der Waals surface area contributed by atoms with Gasteiger partial charge in [0.1, 0.15) is 5.82 Å². The number of nitrogens with zero attached hydrogens (tertiary/aromatic N) is 4. The lowest BCUT2D eigenvalue weighted by molar-refractivity contribution is -0.132. The number of nitrogens with one attached hydrogen (secondary N) is 1. The summed E-state index contributed by atoms with van der Waals surface area (Å²) in [5, 5.41) is 4.70. The highest BCUT2D eigenvalue weighted by Crippen LogP contribution is 2.39. The molecule has 0 bridgehead atoms. The number of aromatic amines is 1. The van der Waals surface area contributed by atoms with E-state index in [1.165, 1.54) is 24.2 Å². The number of carbonyl (C=O) groups is 1. The van der Waals surface area contributed by atoms with Gasteiger partial charge >= 0.3 is 0 Å². The molecule has 2 aliphatic rings. The Bertz CT molecular complexity index is 919. The maximum atomic E-state index is 12.6. The van der Waals surface area contributed by atoms with E-state index in [9.17, 15) is 4.79 Å². The van der Waals surface area contributed by atoms with Crippen LogP contribution in [0.25, 0.3) is 11.0 Å². The van der Waals surface area contributed by atoms with E-state index >= 15 is 0 Å². The Morgan fingerprint density at radius 1 is 1.23 bits per heavy atom. The number of carbonyl (C=O) groups excluding carboxylic acids is 1. The van der Waals surface area contributed by atoms with Gasteiger partial charge in [0.15, 0.2) is 0 Å². The average Bonchev–Trinajstić information content (AvgIpc) is 3.28. The maximum Gasteiger partial charge on any atom is 0.222 e. The molecule has 1 amide bonds. The summed E-state index contributed by atoms with van der Waals surface area (Å²) in [6.45, 7) is 2.28. The van der Waals surface area contributed by atoms with Crippen molar-refractivity contribution in [3.8, 4) is 0 Å². The van der Waals surface area contributed by atoms with Gasteiger partial charge in [-0.05, 0) is 37.5 Å². The fraction of sp³-hybridized carbons (Fsp3) is 0.450. The first-order valence-electron chi connectivity index (χ1n) is 9.54. The molecule has 5 rings (SSSR count). The lowest BCUT2D eigenvalue weighted by atomic mass is 10.2. The Kier molecular flexibility index (Phi) is 3.76. The van der Waals surface area contributed by atoms with Crippen LogP contribution in [0.4, 0.5) is 0 Å². The number of amides is 1. The number of benzene rings is 1. The highest BCUT2D eigenvalue weighted by atomic mass is 16.2. The number of aromatic nitrogens is 4. The van der Waals surface area contributed by atoms with Crippen molar-refractivity contribution in [1.29, 1.82) is 0 Å². The van der Waals surface area contributed by atoms with Crippen LogP contribution in [0.15, 0.2) is 30.3 Å². The topological polar surface area (TPSA) is 66.8 Å². The molecule has 2 aromatic heterocycles. The Balaban J connectivity index is 1.16. The fourth-order valence-electron chi connectivity index (χ4n) is 3.77. The van der Waals surface area contributed by atoms with Gasteiger partial charge in [-0.25, -0.2) is 4.98 Å². The lowest BCUT2D eigenvalue weighted by Crippen LogP contribution is -2.38. The summed E-state index contributed by atoms with van der Waals surface area (Å²) >= 11 is 0. The van der Waals surface area contributed by atoms with E-state index in [0.717, 1.165) is 42.8 Å². The van der Waals surface area contributed by atoms with Crippen molar-refractivity contribution < 1.29 is 4.79 Å². The maximum absolute atomic E-state index is 12.6. The fourth-order valence-corrected chi connectivity index (χ4v) is 3.77. The van der Waals surface area contributed by atoms with Gasteiger partial charge in [-0.3, -0.25) is 9.48 Å². The van der Waals surface area contributed by atoms with Gasteiger partial charge in [-0.1, -0.05) is 12.1 Å². The number of fused-ring (bicyclic) bond motifs is 2. The van der Waals surface area contributed by atoms with E-state index in [4.69, 9.17) is 5.10 Å². The molecule has 1 N–H and O–H groups in total. The number of imidazole rings is 1. The lowest BCUT2D eigenvalue weighted by Gasteiger charge is -2.27. The smallest absolute Gasteiger partial charge is 0.222 e. The molecule has 134 valence electrons. The minimum atomic E-state index is 0.238. The monoisotopic (exact) mass is 349 g/mol. The summed E-state index contributed by atoms with van der Waals surface area (Å²) in [6, 6.07) is 10.2. The van der Waals surface area contributed by atoms with Crippen molar-refractivity contribution in [2.75, 3.05) is 6.54 Å². The summed E-state index contributed by atoms with van der Waals surface area (Å²) in [7, 11) is 0. The van der Waals surface area contributed by atoms with Crippen molar-refractivity contribution in [1.82, 2.24) is 24.6 Å². The molecule has 1 aromatic carbocycles. The first-order chi connectivity index (χ1) is 12.8. The number of aryl methyl sites for hydroxylation is 1. The molecule has 1 aliphatic heterocycles. The van der Waals surface area contributed by atoms with Crippen LogP contribution in [0, 0.1) is 0 Å². The molecule has 1 fully saturated rings. The van der Waals surface area contributed by atoms with Gasteiger partial charge < -0.3 is 9.88 Å². The van der Waals surface area contributed by atoms with Gasteiger partial charge in [0.05, 0.1) is 35.5 Å². The number of rotatable bonds is 5. The van der Waals surface area contributed by atoms with Crippen molar-refractivity contribution in [3.05, 3.63) is 47.5 Å². The second-order valence-corrected chi connectivity index (χ2v) is 7.43. The Morgan fingerprint density at radius 2 is 2.12 bits per heavy atom. The minimum Gasteiger partial charge on any atom is -0.342 e. The Hall–Kier alpha value is -2.63. The highest BCUT2D eigenvalue weighted by molar-refractivity contribution is 5.76. The van der Waals surface area contributed by atoms with Crippen LogP contribution in [-0.2, 0) is 24.3 Å². The zero-order chi connectivity index (χ0) is 17.5. The minimum absolute atomic E-state index is 0.238. The number of hydrogen-bond acceptors (Lipinski definition) is 3. The molecule has 0 unspecified atom stereocenters. The molecule has 6 nitrogen and oxygen atoms in total. The summed E-state index contributed by atoms with van der Waals surface area (Å²) < 4.78 is 2.09. The molecule has 0 radical (unpaired) electrons. The van der Waals surface area contributed by atoms with E-state index in [-0.39, 0.29) is 5.91 Å². The summed E-state index contributed by atoms with van der Waals surface area (Å²) in [4.78, 5) is 22.5. The largest absolute Gasteiger partial charge is 0.342 e. The molecule has 26 heavy (non-hydrogen) atoms.